The Balaban J connectivity index is 1.75. The number of nitrogens with one attached hydrogen (secondary N) is 1. The first-order chi connectivity index (χ1) is 12.8. The molecule has 0 radical (unpaired) electrons. The summed E-state index contributed by atoms with van der Waals surface area (Å²) >= 11 is 3.34. The number of nitro groups is 1. The van der Waals surface area contributed by atoms with Gasteiger partial charge in [-0.05, 0) is 48.5 Å². The van der Waals surface area contributed by atoms with Gasteiger partial charge in [-0.3, -0.25) is 14.9 Å². The van der Waals surface area contributed by atoms with E-state index in [1.54, 1.807) is 19.1 Å². The summed E-state index contributed by atoms with van der Waals surface area (Å²) in [7, 11) is 0. The predicted octanol–water partition coefficient (Wildman–Crippen LogP) is 3.35. The van der Waals surface area contributed by atoms with Crippen molar-refractivity contribution < 1.29 is 14.1 Å². The van der Waals surface area contributed by atoms with Crippen molar-refractivity contribution >= 4 is 33.2 Å². The first kappa shape index (κ1) is 18.6. The summed E-state index contributed by atoms with van der Waals surface area (Å²) in [4.78, 5) is 23.4. The summed E-state index contributed by atoms with van der Waals surface area (Å²) in [5.74, 6) is -1.17. The molecular weight excluding hydrogens is 423 g/mol. The van der Waals surface area contributed by atoms with Crippen LogP contribution >= 0.6 is 15.9 Å². The van der Waals surface area contributed by atoms with E-state index in [0.29, 0.717) is 5.82 Å². The third-order valence-corrected chi connectivity index (χ3v) is 4.20. The van der Waals surface area contributed by atoms with Crippen LogP contribution in [0.5, 0.6) is 0 Å². The molecule has 0 saturated heterocycles. The average Bonchev–Trinajstić information content (AvgIpc) is 3.13. The maximum Gasteiger partial charge on any atom is 0.306 e. The van der Waals surface area contributed by atoms with E-state index in [4.69, 9.17) is 0 Å². The number of tetrazole rings is 1. The Labute approximate surface area is 160 Å². The number of carbonyl (C=O) groups excluding carboxylic acids is 1. The van der Waals surface area contributed by atoms with Crippen molar-refractivity contribution in [3.05, 3.63) is 62.9 Å². The number of aromatic nitrogens is 4. The molecule has 1 amide bonds. The van der Waals surface area contributed by atoms with Crippen molar-refractivity contribution in [3.8, 4) is 11.4 Å². The number of hydrogen-bond donors (Lipinski definition) is 1. The molecule has 27 heavy (non-hydrogen) atoms. The smallest absolute Gasteiger partial charge is 0.306 e. The Hall–Kier alpha value is -3.21. The van der Waals surface area contributed by atoms with Gasteiger partial charge in [0.15, 0.2) is 0 Å². The molecule has 1 N–H and O–H groups in total. The van der Waals surface area contributed by atoms with E-state index in [2.05, 4.69) is 36.7 Å². The summed E-state index contributed by atoms with van der Waals surface area (Å²) < 4.78 is 14.3. The summed E-state index contributed by atoms with van der Waals surface area (Å²) in [5.41, 5.74) is 0.0938. The number of amides is 1. The molecule has 0 aliphatic carbocycles. The van der Waals surface area contributed by atoms with E-state index < -0.39 is 28.4 Å². The quantitative estimate of drug-likeness (QED) is 0.486. The van der Waals surface area contributed by atoms with Gasteiger partial charge >= 0.3 is 5.69 Å². The zero-order chi connectivity index (χ0) is 19.6. The molecule has 1 aromatic heterocycles. The standard InChI is InChI=1S/C16H12BrFN6O3/c1-9(16(25)19-12-6-7-13(18)14(8-12)24(26)27)23-21-15(20-22-23)10-2-4-11(17)5-3-10/h2-9H,1H3,(H,19,25). The van der Waals surface area contributed by atoms with E-state index in [1.165, 1.54) is 6.07 Å². The van der Waals surface area contributed by atoms with E-state index >= 15 is 0 Å². The third kappa shape index (κ3) is 4.14. The van der Waals surface area contributed by atoms with Gasteiger partial charge in [0.2, 0.25) is 11.6 Å². The van der Waals surface area contributed by atoms with Gasteiger partial charge in [0.1, 0.15) is 6.04 Å². The molecule has 1 heterocycles. The number of nitrogens with zero attached hydrogens (tertiary/aromatic N) is 5. The van der Waals surface area contributed by atoms with Gasteiger partial charge in [-0.15, -0.1) is 10.2 Å². The lowest BCUT2D eigenvalue weighted by molar-refractivity contribution is -0.387. The molecule has 0 spiro atoms. The molecule has 0 aliphatic rings. The minimum Gasteiger partial charge on any atom is -0.324 e. The first-order valence-corrected chi connectivity index (χ1v) is 8.44. The second kappa shape index (κ2) is 7.58. The Morgan fingerprint density at radius 3 is 2.67 bits per heavy atom. The molecule has 1 atom stereocenters. The second-order valence-electron chi connectivity index (χ2n) is 5.53. The maximum atomic E-state index is 13.4. The fourth-order valence-electron chi connectivity index (χ4n) is 2.19. The van der Waals surface area contributed by atoms with Crippen LogP contribution in [0.1, 0.15) is 13.0 Å². The van der Waals surface area contributed by atoms with Crippen LogP contribution in [0.3, 0.4) is 0 Å². The number of benzene rings is 2. The normalized spacial score (nSPS) is 11.8. The Morgan fingerprint density at radius 1 is 1.30 bits per heavy atom. The molecule has 0 saturated carbocycles. The van der Waals surface area contributed by atoms with Crippen molar-refractivity contribution in [1.82, 2.24) is 20.2 Å². The second-order valence-corrected chi connectivity index (χ2v) is 6.44. The van der Waals surface area contributed by atoms with Crippen LogP contribution < -0.4 is 5.32 Å². The summed E-state index contributed by atoms with van der Waals surface area (Å²) in [6, 6.07) is 9.50. The van der Waals surface area contributed by atoms with Crippen molar-refractivity contribution in [1.29, 1.82) is 0 Å². The molecular formula is C16H12BrFN6O3. The lowest BCUT2D eigenvalue weighted by atomic mass is 10.2. The van der Waals surface area contributed by atoms with Gasteiger partial charge < -0.3 is 5.32 Å². The zero-order valence-corrected chi connectivity index (χ0v) is 15.4. The summed E-state index contributed by atoms with van der Waals surface area (Å²) in [6.45, 7) is 1.54. The van der Waals surface area contributed by atoms with Gasteiger partial charge in [-0.25, -0.2) is 0 Å². The van der Waals surface area contributed by atoms with Crippen LogP contribution in [0.2, 0.25) is 0 Å². The van der Waals surface area contributed by atoms with Crippen LogP contribution in [0.25, 0.3) is 11.4 Å². The van der Waals surface area contributed by atoms with E-state index in [-0.39, 0.29) is 5.69 Å². The average molecular weight is 435 g/mol. The number of rotatable bonds is 5. The predicted molar refractivity (Wildman–Crippen MR) is 97.3 cm³/mol. The highest BCUT2D eigenvalue weighted by molar-refractivity contribution is 9.10. The van der Waals surface area contributed by atoms with Crippen LogP contribution in [-0.2, 0) is 4.79 Å². The minimum atomic E-state index is -0.983. The number of anilines is 1. The molecule has 3 rings (SSSR count). The molecule has 1 unspecified atom stereocenters. The fraction of sp³-hybridized carbons (Fsp3) is 0.125. The first-order valence-electron chi connectivity index (χ1n) is 7.65. The molecule has 11 heteroatoms. The molecule has 0 fully saturated rings. The number of nitro benzene ring substituents is 1. The van der Waals surface area contributed by atoms with Gasteiger partial charge in [-0.2, -0.15) is 9.19 Å². The zero-order valence-electron chi connectivity index (χ0n) is 13.8. The number of halogens is 2. The van der Waals surface area contributed by atoms with Crippen LogP contribution in [0.15, 0.2) is 46.9 Å². The van der Waals surface area contributed by atoms with E-state index in [1.807, 2.05) is 12.1 Å². The van der Waals surface area contributed by atoms with Gasteiger partial charge in [0.25, 0.3) is 5.91 Å². The Kier molecular flexibility index (Phi) is 5.21. The monoisotopic (exact) mass is 434 g/mol. The third-order valence-electron chi connectivity index (χ3n) is 3.67. The highest BCUT2D eigenvalue weighted by atomic mass is 79.9. The number of carbonyl (C=O) groups is 1. The maximum absolute atomic E-state index is 13.4. The van der Waals surface area contributed by atoms with Gasteiger partial charge in [0.05, 0.1) is 4.92 Å². The van der Waals surface area contributed by atoms with Crippen LogP contribution in [-0.4, -0.2) is 31.0 Å². The van der Waals surface area contributed by atoms with Crippen molar-refractivity contribution in [2.45, 2.75) is 13.0 Å². The fourth-order valence-corrected chi connectivity index (χ4v) is 2.45. The van der Waals surface area contributed by atoms with E-state index in [0.717, 1.165) is 27.0 Å². The van der Waals surface area contributed by atoms with Crippen molar-refractivity contribution in [2.75, 3.05) is 5.32 Å². The minimum absolute atomic E-state index is 0.0909. The molecule has 2 aromatic carbocycles. The lowest BCUT2D eigenvalue weighted by Gasteiger charge is -2.10. The summed E-state index contributed by atoms with van der Waals surface area (Å²) in [6.07, 6.45) is 0. The molecule has 9 nitrogen and oxygen atoms in total. The number of hydrogen-bond acceptors (Lipinski definition) is 6. The topological polar surface area (TPSA) is 116 Å². The van der Waals surface area contributed by atoms with Crippen LogP contribution in [0.4, 0.5) is 15.8 Å². The Morgan fingerprint density at radius 2 is 2.00 bits per heavy atom. The molecule has 3 aromatic rings. The van der Waals surface area contributed by atoms with Crippen molar-refractivity contribution in [3.63, 3.8) is 0 Å². The molecule has 0 aliphatic heterocycles. The van der Waals surface area contributed by atoms with Crippen molar-refractivity contribution in [2.24, 2.45) is 0 Å². The molecule has 138 valence electrons. The van der Waals surface area contributed by atoms with Gasteiger partial charge in [0, 0.05) is 21.8 Å². The van der Waals surface area contributed by atoms with Crippen LogP contribution in [0, 0.1) is 15.9 Å². The lowest BCUT2D eigenvalue weighted by Crippen LogP contribution is -2.25. The highest BCUT2D eigenvalue weighted by Gasteiger charge is 2.21. The summed E-state index contributed by atoms with van der Waals surface area (Å²) in [5, 5.41) is 25.2. The van der Waals surface area contributed by atoms with Gasteiger partial charge in [-0.1, -0.05) is 15.9 Å². The highest BCUT2D eigenvalue weighted by Crippen LogP contribution is 2.23. The van der Waals surface area contributed by atoms with E-state index in [9.17, 15) is 19.3 Å². The molecule has 0 bridgehead atoms. The largest absolute Gasteiger partial charge is 0.324 e. The Bertz CT molecular complexity index is 1010. The SMILES string of the molecule is CC(C(=O)Nc1ccc(F)c([N+](=O)[O-])c1)n1nnc(-c2ccc(Br)cc2)n1.